The molecular weight excluding hydrogens is 420 g/mol. The molecule has 2 aromatic rings. The highest BCUT2D eigenvalue weighted by molar-refractivity contribution is 6.30. The smallest absolute Gasteiger partial charge is 0.274 e. The van der Waals surface area contributed by atoms with Crippen molar-refractivity contribution in [1.82, 2.24) is 14.8 Å². The fourth-order valence-corrected chi connectivity index (χ4v) is 4.17. The van der Waals surface area contributed by atoms with Gasteiger partial charge in [0.2, 0.25) is 5.43 Å². The van der Waals surface area contributed by atoms with Crippen molar-refractivity contribution in [1.29, 1.82) is 0 Å². The molecule has 2 aliphatic rings. The number of amides is 2. The molecule has 0 spiro atoms. The van der Waals surface area contributed by atoms with Crippen molar-refractivity contribution in [2.45, 2.75) is 38.4 Å². The lowest BCUT2D eigenvalue weighted by molar-refractivity contribution is 0.0504. The third kappa shape index (κ3) is 3.32. The zero-order chi connectivity index (χ0) is 21.6. The Balaban J connectivity index is 1.64. The highest BCUT2D eigenvalue weighted by Crippen LogP contribution is 2.29. The quantitative estimate of drug-likeness (QED) is 0.721. The van der Waals surface area contributed by atoms with Gasteiger partial charge in [-0.2, -0.15) is 0 Å². The number of rotatable bonds is 3. The number of carbonyl (C=O) groups is 2. The lowest BCUT2D eigenvalue weighted by Gasteiger charge is -2.40. The van der Waals surface area contributed by atoms with Gasteiger partial charge in [-0.1, -0.05) is 11.6 Å². The molecule has 1 fully saturated rings. The average molecular weight is 438 g/mol. The molecule has 1 unspecified atom stereocenters. The summed E-state index contributed by atoms with van der Waals surface area (Å²) in [6.45, 7) is 0.344. The van der Waals surface area contributed by atoms with Gasteiger partial charge in [-0.25, -0.2) is 8.78 Å². The average Bonchev–Trinajstić information content (AvgIpc) is 2.73. The number of fused-ring (bicyclic) bond motifs is 2. The first-order chi connectivity index (χ1) is 14.3. The molecule has 0 radical (unpaired) electrons. The molecule has 158 valence electrons. The van der Waals surface area contributed by atoms with Crippen molar-refractivity contribution in [2.24, 2.45) is 0 Å². The molecule has 3 heterocycles. The van der Waals surface area contributed by atoms with Crippen LogP contribution in [-0.2, 0) is 13.1 Å². The summed E-state index contributed by atoms with van der Waals surface area (Å²) in [7, 11) is 0. The first kappa shape index (κ1) is 20.3. The first-order valence-electron chi connectivity index (χ1n) is 9.47. The maximum atomic E-state index is 14.0. The van der Waals surface area contributed by atoms with E-state index in [1.807, 2.05) is 0 Å². The summed E-state index contributed by atoms with van der Waals surface area (Å²) < 4.78 is 29.3. The van der Waals surface area contributed by atoms with Crippen molar-refractivity contribution in [3.8, 4) is 5.75 Å². The monoisotopic (exact) mass is 437 g/mol. The van der Waals surface area contributed by atoms with E-state index in [2.05, 4.69) is 5.32 Å². The molecule has 1 aromatic heterocycles. The number of hydrogen-bond acceptors (Lipinski definition) is 4. The fourth-order valence-electron chi connectivity index (χ4n) is 4.00. The predicted octanol–water partition coefficient (Wildman–Crippen LogP) is 2.42. The van der Waals surface area contributed by atoms with Crippen LogP contribution in [0, 0.1) is 11.6 Å². The van der Waals surface area contributed by atoms with Gasteiger partial charge in [-0.05, 0) is 31.4 Å². The zero-order valence-electron chi connectivity index (χ0n) is 15.8. The van der Waals surface area contributed by atoms with Crippen molar-refractivity contribution >= 4 is 23.4 Å². The van der Waals surface area contributed by atoms with E-state index >= 15 is 0 Å². The number of halogens is 3. The first-order valence-corrected chi connectivity index (χ1v) is 9.85. The van der Waals surface area contributed by atoms with Gasteiger partial charge in [0, 0.05) is 37.4 Å². The molecule has 10 heteroatoms. The minimum atomic E-state index is -1.02. The molecule has 0 saturated carbocycles. The number of nitrogens with one attached hydrogen (secondary N) is 1. The summed E-state index contributed by atoms with van der Waals surface area (Å²) in [5, 5.41) is 12.3. The largest absolute Gasteiger partial charge is 0.503 e. The molecule has 1 saturated heterocycles. The van der Waals surface area contributed by atoms with Crippen LogP contribution in [0.3, 0.4) is 0 Å². The predicted molar refractivity (Wildman–Crippen MR) is 104 cm³/mol. The number of benzene rings is 1. The van der Waals surface area contributed by atoms with E-state index in [1.165, 1.54) is 10.8 Å². The maximum absolute atomic E-state index is 14.0. The minimum Gasteiger partial charge on any atom is -0.503 e. The summed E-state index contributed by atoms with van der Waals surface area (Å²) in [6, 6.07) is 1.94. The summed E-state index contributed by atoms with van der Waals surface area (Å²) in [5.41, 5.74) is -2.04. The van der Waals surface area contributed by atoms with Crippen LogP contribution < -0.4 is 10.7 Å². The third-order valence-electron chi connectivity index (χ3n) is 5.56. The number of nitrogens with zero attached hydrogens (tertiary/aromatic N) is 2. The van der Waals surface area contributed by atoms with Crippen LogP contribution in [0.1, 0.15) is 45.7 Å². The third-order valence-corrected chi connectivity index (χ3v) is 5.86. The van der Waals surface area contributed by atoms with Crippen LogP contribution in [0.5, 0.6) is 5.75 Å². The molecule has 2 N–H and O–H groups in total. The Morgan fingerprint density at radius 1 is 1.27 bits per heavy atom. The molecule has 30 heavy (non-hydrogen) atoms. The second kappa shape index (κ2) is 7.71. The lowest BCUT2D eigenvalue weighted by atomic mass is 9.98. The van der Waals surface area contributed by atoms with E-state index in [9.17, 15) is 28.3 Å². The van der Waals surface area contributed by atoms with Crippen molar-refractivity contribution in [2.75, 3.05) is 6.54 Å². The van der Waals surface area contributed by atoms with Gasteiger partial charge in [0.1, 0.15) is 17.2 Å². The van der Waals surface area contributed by atoms with Crippen LogP contribution in [-0.4, -0.2) is 39.0 Å². The summed E-state index contributed by atoms with van der Waals surface area (Å²) >= 11 is 5.64. The van der Waals surface area contributed by atoms with E-state index in [0.29, 0.717) is 13.1 Å². The molecule has 2 aliphatic heterocycles. The van der Waals surface area contributed by atoms with Gasteiger partial charge in [-0.15, -0.1) is 0 Å². The zero-order valence-corrected chi connectivity index (χ0v) is 16.5. The number of piperidine rings is 1. The normalized spacial score (nSPS) is 18.0. The number of hydrogen-bond donors (Lipinski definition) is 2. The minimum absolute atomic E-state index is 0.0776. The van der Waals surface area contributed by atoms with Gasteiger partial charge < -0.3 is 19.9 Å². The highest BCUT2D eigenvalue weighted by atomic mass is 35.5. The van der Waals surface area contributed by atoms with Gasteiger partial charge in [0.05, 0.1) is 5.02 Å². The Bertz CT molecular complexity index is 1120. The fraction of sp³-hybridized carbons (Fsp3) is 0.350. The van der Waals surface area contributed by atoms with Crippen LogP contribution in [0.15, 0.2) is 23.1 Å². The van der Waals surface area contributed by atoms with E-state index in [4.69, 9.17) is 11.6 Å². The number of pyridine rings is 1. The summed E-state index contributed by atoms with van der Waals surface area (Å²) in [5.74, 6) is -4.09. The molecule has 1 aromatic carbocycles. The molecule has 7 nitrogen and oxygen atoms in total. The molecule has 0 aliphatic carbocycles. The maximum Gasteiger partial charge on any atom is 0.274 e. The second-order valence-electron chi connectivity index (χ2n) is 7.37. The van der Waals surface area contributed by atoms with E-state index in [1.54, 1.807) is 4.90 Å². The summed E-state index contributed by atoms with van der Waals surface area (Å²) in [6.07, 6.45) is 3.80. The highest BCUT2D eigenvalue weighted by Gasteiger charge is 2.37. The van der Waals surface area contributed by atoms with Crippen molar-refractivity contribution in [3.63, 3.8) is 0 Å². The van der Waals surface area contributed by atoms with E-state index in [0.717, 1.165) is 31.4 Å². The Morgan fingerprint density at radius 3 is 2.80 bits per heavy atom. The lowest BCUT2D eigenvalue weighted by Crippen LogP contribution is -2.51. The van der Waals surface area contributed by atoms with Gasteiger partial charge in [0.15, 0.2) is 11.4 Å². The Kier molecular flexibility index (Phi) is 5.23. The Labute approximate surface area is 174 Å². The van der Waals surface area contributed by atoms with Gasteiger partial charge >= 0.3 is 0 Å². The van der Waals surface area contributed by atoms with Crippen LogP contribution >= 0.6 is 11.6 Å². The molecule has 0 bridgehead atoms. The number of aromatic nitrogens is 1. The topological polar surface area (TPSA) is 91.6 Å². The Hall–Kier alpha value is -2.94. The second-order valence-corrected chi connectivity index (χ2v) is 7.78. The van der Waals surface area contributed by atoms with Crippen LogP contribution in [0.25, 0.3) is 0 Å². The SMILES string of the molecule is O=C(NCc1c(F)ccc(Cl)c1F)c1cn2c(c(O)c1=O)C(=O)N1CCCCC1C2. The Morgan fingerprint density at radius 2 is 2.03 bits per heavy atom. The van der Waals surface area contributed by atoms with E-state index in [-0.39, 0.29) is 16.8 Å². The summed E-state index contributed by atoms with van der Waals surface area (Å²) in [4.78, 5) is 39.4. The molecule has 1 atom stereocenters. The molecule has 4 rings (SSSR count). The van der Waals surface area contributed by atoms with Gasteiger partial charge in [0.25, 0.3) is 11.8 Å². The molecule has 2 amide bonds. The van der Waals surface area contributed by atoms with Crippen LogP contribution in [0.4, 0.5) is 8.78 Å². The molecular formula is C20H18ClF2N3O4. The number of aromatic hydroxyl groups is 1. The van der Waals surface area contributed by atoms with Crippen LogP contribution in [0.2, 0.25) is 5.02 Å². The van der Waals surface area contributed by atoms with Crippen molar-refractivity contribution < 1.29 is 23.5 Å². The van der Waals surface area contributed by atoms with E-state index < -0.39 is 52.3 Å². The number of carbonyl (C=O) groups excluding carboxylic acids is 2. The van der Waals surface area contributed by atoms with Crippen molar-refractivity contribution in [3.05, 3.63) is 62.0 Å². The standard InChI is InChI=1S/C20H18ClF2N3O4/c21-13-4-5-14(22)11(15(13)23)7-24-19(29)12-9-25-8-10-3-1-2-6-26(10)20(30)16(25)18(28)17(12)27/h4-5,9-10,28H,1-3,6-8H2,(H,24,29). The van der Waals surface area contributed by atoms with Gasteiger partial charge in [-0.3, -0.25) is 14.4 Å².